The van der Waals surface area contributed by atoms with Crippen LogP contribution in [0.5, 0.6) is 0 Å². The van der Waals surface area contributed by atoms with Gasteiger partial charge in [0.15, 0.2) is 0 Å². The van der Waals surface area contributed by atoms with E-state index in [1.54, 1.807) is 0 Å². The average molecular weight is 791 g/mol. The van der Waals surface area contributed by atoms with Gasteiger partial charge in [-0.3, -0.25) is 0 Å². The maximum Gasteiger partial charge on any atom is 0.0619 e. The number of benzene rings is 10. The fraction of sp³-hybridized carbons (Fsp3) is 0. The smallest absolute Gasteiger partial charge is 0.0619 e. The molecule has 0 aliphatic carbocycles. The molecule has 0 fully saturated rings. The molecule has 1 heterocycles. The zero-order chi connectivity index (χ0) is 41.2. The monoisotopic (exact) mass is 790 g/mol. The molecule has 0 amide bonds. The molecule has 11 aromatic rings. The molecule has 2 nitrogen and oxygen atoms in total. The van der Waals surface area contributed by atoms with Crippen LogP contribution in [0.4, 0.5) is 17.1 Å². The van der Waals surface area contributed by atoms with E-state index in [1.165, 1.54) is 71.9 Å². The molecule has 2 heteroatoms. The Labute approximate surface area is 362 Å². The molecule has 0 aliphatic heterocycles. The number of rotatable bonds is 9. The number of nitrogens with zero attached hydrogens (tertiary/aromatic N) is 2. The van der Waals surface area contributed by atoms with Crippen LogP contribution in [-0.2, 0) is 0 Å². The van der Waals surface area contributed by atoms with Crippen molar-refractivity contribution in [2.45, 2.75) is 0 Å². The molecular weight excluding hydrogens is 749 g/mol. The Bertz CT molecular complexity index is 3290. The highest BCUT2D eigenvalue weighted by Gasteiger charge is 2.20. The second kappa shape index (κ2) is 16.1. The third kappa shape index (κ3) is 6.74. The van der Waals surface area contributed by atoms with Gasteiger partial charge in [0.05, 0.1) is 22.4 Å². The van der Waals surface area contributed by atoms with Crippen molar-refractivity contribution in [3.63, 3.8) is 0 Å². The van der Waals surface area contributed by atoms with E-state index in [0.29, 0.717) is 0 Å². The van der Waals surface area contributed by atoms with Crippen molar-refractivity contribution >= 4 is 38.9 Å². The van der Waals surface area contributed by atoms with E-state index >= 15 is 0 Å². The standard InChI is InChI=1S/C60H42N2/c1-4-17-43(18-5-1)44-31-33-45(34-32-44)46-35-39-50(40-36-46)61(57-28-13-10-23-52(57)47-19-6-2-7-20-47)51-41-37-49(38-42-51)53-24-11-14-29-58(53)62-59-30-15-12-25-55(59)56-27-16-26-54(60(56)62)48-21-8-3-9-22-48/h1-42H. The molecule has 0 N–H and O–H groups in total. The summed E-state index contributed by atoms with van der Waals surface area (Å²) in [5.41, 5.74) is 18.7. The Hall–Kier alpha value is -8.20. The third-order valence-electron chi connectivity index (χ3n) is 12.0. The van der Waals surface area contributed by atoms with E-state index in [0.717, 1.165) is 28.3 Å². The van der Waals surface area contributed by atoms with E-state index in [1.807, 2.05) is 0 Å². The molecule has 0 spiro atoms. The van der Waals surface area contributed by atoms with Crippen LogP contribution in [0.3, 0.4) is 0 Å². The molecule has 10 aromatic carbocycles. The van der Waals surface area contributed by atoms with Gasteiger partial charge in [-0.2, -0.15) is 0 Å². The van der Waals surface area contributed by atoms with Gasteiger partial charge in [0.1, 0.15) is 0 Å². The lowest BCUT2D eigenvalue weighted by Gasteiger charge is -2.28. The number of fused-ring (bicyclic) bond motifs is 3. The summed E-state index contributed by atoms with van der Waals surface area (Å²) in [6.07, 6.45) is 0. The highest BCUT2D eigenvalue weighted by atomic mass is 15.1. The van der Waals surface area contributed by atoms with Gasteiger partial charge in [0.25, 0.3) is 0 Å². The van der Waals surface area contributed by atoms with Crippen LogP contribution in [0, 0.1) is 0 Å². The first-order valence-electron chi connectivity index (χ1n) is 21.3. The number of para-hydroxylation sites is 4. The average Bonchev–Trinajstić information content (AvgIpc) is 3.70. The van der Waals surface area contributed by atoms with Crippen LogP contribution in [0.2, 0.25) is 0 Å². The van der Waals surface area contributed by atoms with Crippen molar-refractivity contribution in [1.29, 1.82) is 0 Å². The number of aromatic nitrogens is 1. The highest BCUT2D eigenvalue weighted by Crippen LogP contribution is 2.44. The van der Waals surface area contributed by atoms with Gasteiger partial charge in [0, 0.05) is 38.8 Å². The summed E-state index contributed by atoms with van der Waals surface area (Å²) in [5, 5.41) is 2.49. The van der Waals surface area contributed by atoms with Crippen molar-refractivity contribution in [3.05, 3.63) is 255 Å². The molecule has 0 saturated carbocycles. The first-order chi connectivity index (χ1) is 30.8. The van der Waals surface area contributed by atoms with Crippen molar-refractivity contribution in [2.24, 2.45) is 0 Å². The number of hydrogen-bond donors (Lipinski definition) is 0. The van der Waals surface area contributed by atoms with Gasteiger partial charge < -0.3 is 9.47 Å². The lowest BCUT2D eigenvalue weighted by molar-refractivity contribution is 1.18. The third-order valence-corrected chi connectivity index (χ3v) is 12.0. The second-order valence-corrected chi connectivity index (χ2v) is 15.7. The molecule has 0 aliphatic rings. The van der Waals surface area contributed by atoms with Crippen molar-refractivity contribution in [3.8, 4) is 61.3 Å². The molecule has 0 saturated heterocycles. The second-order valence-electron chi connectivity index (χ2n) is 15.7. The summed E-state index contributed by atoms with van der Waals surface area (Å²) < 4.78 is 2.47. The van der Waals surface area contributed by atoms with E-state index in [2.05, 4.69) is 264 Å². The summed E-state index contributed by atoms with van der Waals surface area (Å²) in [4.78, 5) is 2.39. The van der Waals surface area contributed by atoms with Crippen LogP contribution in [0.25, 0.3) is 83.1 Å². The van der Waals surface area contributed by atoms with Crippen molar-refractivity contribution in [1.82, 2.24) is 4.57 Å². The molecule has 11 rings (SSSR count). The van der Waals surface area contributed by atoms with Crippen LogP contribution < -0.4 is 4.90 Å². The van der Waals surface area contributed by atoms with Gasteiger partial charge >= 0.3 is 0 Å². The van der Waals surface area contributed by atoms with Gasteiger partial charge in [-0.15, -0.1) is 0 Å². The minimum atomic E-state index is 1.08. The zero-order valence-electron chi connectivity index (χ0n) is 34.1. The summed E-state index contributed by atoms with van der Waals surface area (Å²) in [5.74, 6) is 0. The molecular formula is C60H42N2. The van der Waals surface area contributed by atoms with Gasteiger partial charge in [-0.05, 0) is 81.4 Å². The maximum absolute atomic E-state index is 2.47. The van der Waals surface area contributed by atoms with Crippen LogP contribution in [0.1, 0.15) is 0 Å². The Kier molecular flexibility index (Phi) is 9.57. The predicted molar refractivity (Wildman–Crippen MR) is 263 cm³/mol. The summed E-state index contributed by atoms with van der Waals surface area (Å²) in [6.45, 7) is 0. The topological polar surface area (TPSA) is 8.17 Å². The lowest BCUT2D eigenvalue weighted by atomic mass is 9.99. The normalized spacial score (nSPS) is 11.2. The van der Waals surface area contributed by atoms with E-state index in [9.17, 15) is 0 Å². The zero-order valence-corrected chi connectivity index (χ0v) is 34.1. The van der Waals surface area contributed by atoms with Gasteiger partial charge in [-0.25, -0.2) is 0 Å². The van der Waals surface area contributed by atoms with Crippen molar-refractivity contribution < 1.29 is 0 Å². The van der Waals surface area contributed by atoms with E-state index in [4.69, 9.17) is 0 Å². The Morgan fingerprint density at radius 2 is 0.661 bits per heavy atom. The lowest BCUT2D eigenvalue weighted by Crippen LogP contribution is -2.11. The molecule has 292 valence electrons. The van der Waals surface area contributed by atoms with Crippen LogP contribution in [-0.4, -0.2) is 4.57 Å². The largest absolute Gasteiger partial charge is 0.310 e. The molecule has 0 radical (unpaired) electrons. The van der Waals surface area contributed by atoms with Crippen LogP contribution in [0.15, 0.2) is 255 Å². The highest BCUT2D eigenvalue weighted by molar-refractivity contribution is 6.14. The van der Waals surface area contributed by atoms with Gasteiger partial charge in [0.2, 0.25) is 0 Å². The SMILES string of the molecule is c1ccc(-c2ccc(-c3ccc(N(c4ccc(-c5ccccc5-n5c6ccccc6c6cccc(-c7ccccc7)c65)cc4)c4ccccc4-c4ccccc4)cc3)cc2)cc1. The molecule has 0 unspecified atom stereocenters. The molecule has 0 atom stereocenters. The fourth-order valence-corrected chi connectivity index (χ4v) is 9.07. The Morgan fingerprint density at radius 1 is 0.258 bits per heavy atom. The fourth-order valence-electron chi connectivity index (χ4n) is 9.07. The summed E-state index contributed by atoms with van der Waals surface area (Å²) >= 11 is 0. The Balaban J connectivity index is 1.02. The van der Waals surface area contributed by atoms with Gasteiger partial charge in [-0.1, -0.05) is 212 Å². The molecule has 1 aromatic heterocycles. The Morgan fingerprint density at radius 3 is 1.29 bits per heavy atom. The maximum atomic E-state index is 2.47. The van der Waals surface area contributed by atoms with Crippen LogP contribution >= 0.6 is 0 Å². The first kappa shape index (κ1) is 36.8. The minimum absolute atomic E-state index is 1.08. The predicted octanol–water partition coefficient (Wildman–Crippen LogP) is 16.6. The quantitative estimate of drug-likeness (QED) is 0.141. The number of hydrogen-bond acceptors (Lipinski definition) is 1. The van der Waals surface area contributed by atoms with E-state index in [-0.39, 0.29) is 0 Å². The first-order valence-corrected chi connectivity index (χ1v) is 21.3. The minimum Gasteiger partial charge on any atom is -0.310 e. The molecule has 62 heavy (non-hydrogen) atoms. The number of anilines is 3. The summed E-state index contributed by atoms with van der Waals surface area (Å²) in [7, 11) is 0. The van der Waals surface area contributed by atoms with E-state index < -0.39 is 0 Å². The molecule has 0 bridgehead atoms. The summed E-state index contributed by atoms with van der Waals surface area (Å²) in [6, 6.07) is 91.9. The van der Waals surface area contributed by atoms with Crippen molar-refractivity contribution in [2.75, 3.05) is 4.90 Å².